The van der Waals surface area contributed by atoms with Crippen molar-refractivity contribution < 1.29 is 22.6 Å². The van der Waals surface area contributed by atoms with E-state index in [0.717, 1.165) is 55.6 Å². The van der Waals surface area contributed by atoms with Crippen molar-refractivity contribution in [3.05, 3.63) is 53.1 Å². The fraction of sp³-hybridized carbons (Fsp3) is 0.519. The van der Waals surface area contributed by atoms with E-state index in [0.29, 0.717) is 6.54 Å². The fourth-order valence-electron chi connectivity index (χ4n) is 4.21. The van der Waals surface area contributed by atoms with Gasteiger partial charge in [-0.25, -0.2) is 0 Å². The minimum Gasteiger partial charge on any atom is -0.488 e. The Morgan fingerprint density at radius 1 is 1.17 bits per heavy atom. The molecule has 0 bridgehead atoms. The van der Waals surface area contributed by atoms with Gasteiger partial charge in [-0.05, 0) is 55.5 Å². The average Bonchev–Trinajstić information content (AvgIpc) is 3.21. The largest absolute Gasteiger partial charge is 0.488 e. The number of para-hydroxylation sites is 2. The zero-order chi connectivity index (χ0) is 24.6. The number of alkyl halides is 3. The van der Waals surface area contributed by atoms with Gasteiger partial charge in [-0.3, -0.25) is 0 Å². The molecule has 2 aromatic rings. The Kier molecular flexibility index (Phi) is 10.7. The minimum absolute atomic E-state index is 0. The van der Waals surface area contributed by atoms with Gasteiger partial charge in [0.1, 0.15) is 12.7 Å². The smallest absolute Gasteiger partial charge is 0.422 e. The summed E-state index contributed by atoms with van der Waals surface area (Å²) in [4.78, 5) is 2.33. The lowest BCUT2D eigenvalue weighted by Crippen LogP contribution is -2.32. The van der Waals surface area contributed by atoms with Crippen molar-refractivity contribution in [3.63, 3.8) is 0 Å². The number of fused-ring (bicyclic) bond motifs is 1. The highest BCUT2D eigenvalue weighted by Gasteiger charge is 2.29. The molecule has 192 valence electrons. The normalized spacial score (nSPS) is 13.5. The van der Waals surface area contributed by atoms with E-state index in [4.69, 9.17) is 9.47 Å². The van der Waals surface area contributed by atoms with E-state index in [-0.39, 0.29) is 31.6 Å². The highest BCUT2D eigenvalue weighted by atomic mass is 19.4. The number of anilines is 1. The van der Waals surface area contributed by atoms with Gasteiger partial charge < -0.3 is 19.7 Å². The molecule has 0 spiro atoms. The van der Waals surface area contributed by atoms with Gasteiger partial charge in [0.2, 0.25) is 0 Å². The second kappa shape index (κ2) is 13.2. The molecule has 0 fully saturated rings. The SMILES string of the molecule is C.CCCCN1CCc2cc(C[C@@H](C)NCCOc3ccccc3OCC(F)(F)F)cc(C#N)c21. The molecule has 0 unspecified atom stereocenters. The van der Waals surface area contributed by atoms with Crippen LogP contribution >= 0.6 is 0 Å². The molecule has 0 saturated heterocycles. The van der Waals surface area contributed by atoms with E-state index in [9.17, 15) is 18.4 Å². The highest BCUT2D eigenvalue weighted by molar-refractivity contribution is 5.68. The van der Waals surface area contributed by atoms with Crippen molar-refractivity contribution in [1.82, 2.24) is 5.32 Å². The van der Waals surface area contributed by atoms with Crippen LogP contribution in [0.15, 0.2) is 36.4 Å². The third-order valence-corrected chi connectivity index (χ3v) is 5.75. The van der Waals surface area contributed by atoms with Crippen LogP contribution in [0, 0.1) is 11.3 Å². The van der Waals surface area contributed by atoms with Crippen molar-refractivity contribution in [2.24, 2.45) is 0 Å². The molecule has 0 radical (unpaired) electrons. The Morgan fingerprint density at radius 3 is 2.54 bits per heavy atom. The number of hydrogen-bond donors (Lipinski definition) is 1. The number of unbranched alkanes of at least 4 members (excludes halogenated alkanes) is 1. The summed E-state index contributed by atoms with van der Waals surface area (Å²) >= 11 is 0. The summed E-state index contributed by atoms with van der Waals surface area (Å²) in [5.41, 5.74) is 4.21. The van der Waals surface area contributed by atoms with E-state index in [1.165, 1.54) is 11.6 Å². The molecule has 0 aliphatic carbocycles. The van der Waals surface area contributed by atoms with Crippen LogP contribution in [0.2, 0.25) is 0 Å². The van der Waals surface area contributed by atoms with Gasteiger partial charge in [0.15, 0.2) is 18.1 Å². The molecule has 35 heavy (non-hydrogen) atoms. The number of halogens is 3. The maximum absolute atomic E-state index is 12.4. The molecule has 1 heterocycles. The fourth-order valence-corrected chi connectivity index (χ4v) is 4.21. The van der Waals surface area contributed by atoms with Crippen LogP contribution in [0.25, 0.3) is 0 Å². The summed E-state index contributed by atoms with van der Waals surface area (Å²) in [6.45, 7) is 5.64. The number of benzene rings is 2. The van der Waals surface area contributed by atoms with Gasteiger partial charge in [0.05, 0.1) is 11.3 Å². The van der Waals surface area contributed by atoms with Crippen molar-refractivity contribution in [1.29, 1.82) is 5.26 Å². The van der Waals surface area contributed by atoms with Gasteiger partial charge in [0.25, 0.3) is 0 Å². The molecule has 5 nitrogen and oxygen atoms in total. The molecule has 1 aliphatic rings. The monoisotopic (exact) mass is 491 g/mol. The first-order valence-electron chi connectivity index (χ1n) is 11.8. The van der Waals surface area contributed by atoms with E-state index >= 15 is 0 Å². The summed E-state index contributed by atoms with van der Waals surface area (Å²) in [5.74, 6) is 0.356. The summed E-state index contributed by atoms with van der Waals surface area (Å²) in [5, 5.41) is 13.1. The van der Waals surface area contributed by atoms with Crippen LogP contribution < -0.4 is 19.7 Å². The Morgan fingerprint density at radius 2 is 1.89 bits per heavy atom. The number of nitrogens with one attached hydrogen (secondary N) is 1. The average molecular weight is 492 g/mol. The standard InChI is InChI=1S/C26H32F3N3O2.CH4/c1-3-4-11-32-12-9-21-15-20(16-22(17-30)25(21)32)14-19(2)31-10-13-33-23-7-5-6-8-24(23)34-18-26(27,28)29;/h5-8,15-16,19,31H,3-4,9-14,18H2,1-2H3;1H4/t19-;/m1./s1. The van der Waals surface area contributed by atoms with Crippen LogP contribution in [0.1, 0.15) is 50.8 Å². The summed E-state index contributed by atoms with van der Waals surface area (Å²) in [6, 6.07) is 13.1. The molecular weight excluding hydrogens is 455 g/mol. The molecule has 3 rings (SSSR count). The molecular formula is C27H36F3N3O2. The maximum Gasteiger partial charge on any atom is 0.422 e. The Hall–Kier alpha value is -2.92. The van der Waals surface area contributed by atoms with E-state index < -0.39 is 12.8 Å². The molecule has 2 aromatic carbocycles. The van der Waals surface area contributed by atoms with E-state index in [1.54, 1.807) is 18.2 Å². The zero-order valence-corrected chi connectivity index (χ0v) is 19.8. The van der Waals surface area contributed by atoms with Gasteiger partial charge in [-0.15, -0.1) is 0 Å². The van der Waals surface area contributed by atoms with Crippen LogP contribution in [-0.2, 0) is 12.8 Å². The number of nitriles is 1. The van der Waals surface area contributed by atoms with Crippen LogP contribution in [0.3, 0.4) is 0 Å². The number of ether oxygens (including phenoxy) is 2. The van der Waals surface area contributed by atoms with Crippen molar-refractivity contribution in [3.8, 4) is 17.6 Å². The third-order valence-electron chi connectivity index (χ3n) is 5.75. The zero-order valence-electron chi connectivity index (χ0n) is 19.8. The summed E-state index contributed by atoms with van der Waals surface area (Å²) in [6.07, 6.45) is -0.422. The molecule has 8 heteroatoms. The van der Waals surface area contributed by atoms with Crippen LogP contribution in [0.5, 0.6) is 11.5 Å². The molecule has 1 aliphatic heterocycles. The Labute approximate surface area is 206 Å². The first kappa shape index (κ1) is 28.3. The van der Waals surface area contributed by atoms with Gasteiger partial charge in [-0.2, -0.15) is 18.4 Å². The molecule has 0 aromatic heterocycles. The minimum atomic E-state index is -4.40. The van der Waals surface area contributed by atoms with Crippen molar-refractivity contribution in [2.75, 3.05) is 37.7 Å². The topological polar surface area (TPSA) is 57.5 Å². The van der Waals surface area contributed by atoms with Gasteiger partial charge in [0, 0.05) is 25.7 Å². The van der Waals surface area contributed by atoms with Crippen LogP contribution in [-0.4, -0.2) is 45.1 Å². The summed E-state index contributed by atoms with van der Waals surface area (Å²) < 4.78 is 47.8. The number of hydrogen-bond acceptors (Lipinski definition) is 5. The predicted octanol–water partition coefficient (Wildman–Crippen LogP) is 5.90. The number of nitrogens with zero attached hydrogens (tertiary/aromatic N) is 2. The molecule has 0 saturated carbocycles. The Balaban J connectivity index is 0.00000432. The first-order valence-corrected chi connectivity index (χ1v) is 11.8. The predicted molar refractivity (Wildman–Crippen MR) is 133 cm³/mol. The molecule has 1 N–H and O–H groups in total. The molecule has 0 amide bonds. The number of rotatable bonds is 12. The van der Waals surface area contributed by atoms with Crippen molar-refractivity contribution in [2.45, 2.75) is 59.2 Å². The maximum atomic E-state index is 12.4. The lowest BCUT2D eigenvalue weighted by atomic mass is 9.99. The van der Waals surface area contributed by atoms with Gasteiger partial charge >= 0.3 is 6.18 Å². The quantitative estimate of drug-likeness (QED) is 0.375. The lowest BCUT2D eigenvalue weighted by molar-refractivity contribution is -0.153. The summed E-state index contributed by atoms with van der Waals surface area (Å²) in [7, 11) is 0. The first-order chi connectivity index (χ1) is 16.3. The van der Waals surface area contributed by atoms with Gasteiger partial charge in [-0.1, -0.05) is 39.0 Å². The second-order valence-corrected chi connectivity index (χ2v) is 8.61. The van der Waals surface area contributed by atoms with Crippen molar-refractivity contribution >= 4 is 5.69 Å². The third kappa shape index (κ3) is 8.36. The van der Waals surface area contributed by atoms with E-state index in [1.807, 2.05) is 6.07 Å². The van der Waals surface area contributed by atoms with Crippen LogP contribution in [0.4, 0.5) is 18.9 Å². The lowest BCUT2D eigenvalue weighted by Gasteiger charge is -2.21. The highest BCUT2D eigenvalue weighted by Crippen LogP contribution is 2.33. The van der Waals surface area contributed by atoms with E-state index in [2.05, 4.69) is 36.2 Å². The Bertz CT molecular complexity index is 989. The second-order valence-electron chi connectivity index (χ2n) is 8.61. The molecule has 1 atom stereocenters.